The molecule has 0 amide bonds. The van der Waals surface area contributed by atoms with Crippen molar-refractivity contribution in [1.29, 1.82) is 0 Å². The second-order valence-corrected chi connectivity index (χ2v) is 5.17. The topological polar surface area (TPSA) is 43.8 Å². The van der Waals surface area contributed by atoms with Gasteiger partial charge in [-0.1, -0.05) is 32.0 Å². The number of nitrogen functional groups attached to an aromatic ring is 1. The number of benzene rings is 1. The number of nitrogens with two attached hydrogens (primary N) is 1. The molecule has 2 rings (SSSR count). The number of hydrogen-bond acceptors (Lipinski definition) is 2. The summed E-state index contributed by atoms with van der Waals surface area (Å²) < 4.78 is 1.77. The molecule has 0 bridgehead atoms. The largest absolute Gasteiger partial charge is 0.384 e. The fourth-order valence-corrected chi connectivity index (χ4v) is 2.33. The van der Waals surface area contributed by atoms with Crippen LogP contribution in [-0.4, -0.2) is 9.78 Å². The van der Waals surface area contributed by atoms with Crippen LogP contribution in [0.25, 0.3) is 11.3 Å². The first-order valence-corrected chi connectivity index (χ1v) is 6.32. The number of aromatic nitrogens is 2. The van der Waals surface area contributed by atoms with Crippen molar-refractivity contribution in [1.82, 2.24) is 9.78 Å². The molecule has 1 heterocycles. The van der Waals surface area contributed by atoms with Gasteiger partial charge in [0.25, 0.3) is 0 Å². The summed E-state index contributed by atoms with van der Waals surface area (Å²) in [7, 11) is 1.90. The monoisotopic (exact) mass is 243 g/mol. The van der Waals surface area contributed by atoms with Crippen LogP contribution >= 0.6 is 0 Å². The van der Waals surface area contributed by atoms with E-state index < -0.39 is 0 Å². The number of aryl methyl sites for hydroxylation is 2. The third-order valence-corrected chi connectivity index (χ3v) is 3.57. The SMILES string of the molecule is Cc1cccc(-c2nn(C)c(N)c2C(C)C)c1C. The molecule has 0 atom stereocenters. The van der Waals surface area contributed by atoms with Crippen molar-refractivity contribution in [3.8, 4) is 11.3 Å². The van der Waals surface area contributed by atoms with Gasteiger partial charge in [0.05, 0.1) is 5.69 Å². The second-order valence-electron chi connectivity index (χ2n) is 5.17. The standard InChI is InChI=1S/C15H21N3/c1-9(2)13-14(17-18(5)15(13)16)12-8-6-7-10(3)11(12)4/h6-9H,16H2,1-5H3. The Morgan fingerprint density at radius 2 is 1.89 bits per heavy atom. The average molecular weight is 243 g/mol. The van der Waals surface area contributed by atoms with Crippen molar-refractivity contribution >= 4 is 5.82 Å². The summed E-state index contributed by atoms with van der Waals surface area (Å²) in [6.07, 6.45) is 0. The summed E-state index contributed by atoms with van der Waals surface area (Å²) in [6, 6.07) is 6.32. The van der Waals surface area contributed by atoms with E-state index in [-0.39, 0.29) is 0 Å². The predicted octanol–water partition coefficient (Wildman–Crippen LogP) is 3.41. The molecule has 1 aromatic carbocycles. The average Bonchev–Trinajstić information content (AvgIpc) is 2.59. The Hall–Kier alpha value is -1.77. The third-order valence-electron chi connectivity index (χ3n) is 3.57. The van der Waals surface area contributed by atoms with Crippen molar-refractivity contribution in [3.05, 3.63) is 34.9 Å². The highest BCUT2D eigenvalue weighted by atomic mass is 15.3. The first-order valence-electron chi connectivity index (χ1n) is 6.32. The van der Waals surface area contributed by atoms with E-state index in [9.17, 15) is 0 Å². The molecule has 0 saturated carbocycles. The van der Waals surface area contributed by atoms with Gasteiger partial charge in [-0.3, -0.25) is 4.68 Å². The van der Waals surface area contributed by atoms with Crippen LogP contribution in [0.4, 0.5) is 5.82 Å². The van der Waals surface area contributed by atoms with Gasteiger partial charge in [-0.15, -0.1) is 0 Å². The molecule has 96 valence electrons. The Bertz CT molecular complexity index is 580. The lowest BCUT2D eigenvalue weighted by Gasteiger charge is -2.10. The number of anilines is 1. The van der Waals surface area contributed by atoms with E-state index >= 15 is 0 Å². The maximum atomic E-state index is 6.13. The van der Waals surface area contributed by atoms with Crippen LogP contribution in [0.15, 0.2) is 18.2 Å². The number of rotatable bonds is 2. The predicted molar refractivity (Wildman–Crippen MR) is 76.6 cm³/mol. The summed E-state index contributed by atoms with van der Waals surface area (Å²) in [6.45, 7) is 8.57. The summed E-state index contributed by atoms with van der Waals surface area (Å²) in [5.41, 5.74) is 12.0. The lowest BCUT2D eigenvalue weighted by Crippen LogP contribution is -2.00. The molecule has 0 aliphatic carbocycles. The summed E-state index contributed by atoms with van der Waals surface area (Å²) in [5.74, 6) is 1.13. The van der Waals surface area contributed by atoms with E-state index in [1.807, 2.05) is 7.05 Å². The lowest BCUT2D eigenvalue weighted by atomic mass is 9.94. The van der Waals surface area contributed by atoms with Crippen LogP contribution in [0.2, 0.25) is 0 Å². The van der Waals surface area contributed by atoms with Crippen LogP contribution < -0.4 is 5.73 Å². The van der Waals surface area contributed by atoms with Gasteiger partial charge in [-0.05, 0) is 30.9 Å². The summed E-state index contributed by atoms with van der Waals surface area (Å²) in [4.78, 5) is 0. The maximum absolute atomic E-state index is 6.13. The zero-order chi connectivity index (χ0) is 13.4. The van der Waals surface area contributed by atoms with Gasteiger partial charge < -0.3 is 5.73 Å². The van der Waals surface area contributed by atoms with Crippen LogP contribution in [-0.2, 0) is 7.05 Å². The fraction of sp³-hybridized carbons (Fsp3) is 0.400. The van der Waals surface area contributed by atoms with E-state index in [4.69, 9.17) is 5.73 Å². The van der Waals surface area contributed by atoms with Crippen LogP contribution in [0.5, 0.6) is 0 Å². The maximum Gasteiger partial charge on any atom is 0.125 e. The van der Waals surface area contributed by atoms with Crippen molar-refractivity contribution in [2.24, 2.45) is 7.05 Å². The van der Waals surface area contributed by atoms with Crippen LogP contribution in [0.1, 0.15) is 36.5 Å². The minimum atomic E-state index is 0.369. The number of nitrogens with zero attached hydrogens (tertiary/aromatic N) is 2. The van der Waals surface area contributed by atoms with Crippen molar-refractivity contribution < 1.29 is 0 Å². The third kappa shape index (κ3) is 1.90. The van der Waals surface area contributed by atoms with E-state index in [1.54, 1.807) is 4.68 Å². The molecule has 3 nitrogen and oxygen atoms in total. The van der Waals surface area contributed by atoms with Gasteiger partial charge in [0.15, 0.2) is 0 Å². The lowest BCUT2D eigenvalue weighted by molar-refractivity contribution is 0.779. The van der Waals surface area contributed by atoms with E-state index in [2.05, 4.69) is 51.0 Å². The molecule has 2 aromatic rings. The zero-order valence-electron chi connectivity index (χ0n) is 11.8. The van der Waals surface area contributed by atoms with Gasteiger partial charge in [0, 0.05) is 18.2 Å². The molecule has 0 aliphatic rings. The highest BCUT2D eigenvalue weighted by molar-refractivity contribution is 5.72. The molecule has 1 aromatic heterocycles. The molecule has 0 aliphatic heterocycles. The van der Waals surface area contributed by atoms with Gasteiger partial charge >= 0.3 is 0 Å². The first-order chi connectivity index (χ1) is 8.43. The molecule has 0 saturated heterocycles. The molecule has 0 spiro atoms. The summed E-state index contributed by atoms with van der Waals surface area (Å²) in [5, 5.41) is 4.60. The van der Waals surface area contributed by atoms with Crippen LogP contribution in [0, 0.1) is 13.8 Å². The Morgan fingerprint density at radius 1 is 1.22 bits per heavy atom. The minimum Gasteiger partial charge on any atom is -0.384 e. The molecule has 2 N–H and O–H groups in total. The fourth-order valence-electron chi connectivity index (χ4n) is 2.33. The first kappa shape index (κ1) is 12.7. The van der Waals surface area contributed by atoms with Crippen LogP contribution in [0.3, 0.4) is 0 Å². The Balaban J connectivity index is 2.71. The van der Waals surface area contributed by atoms with Crippen molar-refractivity contribution in [3.63, 3.8) is 0 Å². The second kappa shape index (κ2) is 4.48. The van der Waals surface area contributed by atoms with Gasteiger partial charge in [0.2, 0.25) is 0 Å². The summed E-state index contributed by atoms with van der Waals surface area (Å²) >= 11 is 0. The molecule has 3 heteroatoms. The molecule has 18 heavy (non-hydrogen) atoms. The molecular formula is C15H21N3. The molecule has 0 unspecified atom stereocenters. The molecule has 0 radical (unpaired) electrons. The zero-order valence-corrected chi connectivity index (χ0v) is 11.8. The van der Waals surface area contributed by atoms with E-state index in [0.29, 0.717) is 5.92 Å². The highest BCUT2D eigenvalue weighted by Gasteiger charge is 2.19. The van der Waals surface area contributed by atoms with Gasteiger partial charge in [0.1, 0.15) is 5.82 Å². The number of hydrogen-bond donors (Lipinski definition) is 1. The van der Waals surface area contributed by atoms with E-state index in [0.717, 1.165) is 17.1 Å². The minimum absolute atomic E-state index is 0.369. The van der Waals surface area contributed by atoms with Crippen molar-refractivity contribution in [2.45, 2.75) is 33.6 Å². The molecule has 0 fully saturated rings. The van der Waals surface area contributed by atoms with Gasteiger partial charge in [-0.2, -0.15) is 5.10 Å². The normalized spacial score (nSPS) is 11.2. The van der Waals surface area contributed by atoms with E-state index in [1.165, 1.54) is 16.7 Å². The quantitative estimate of drug-likeness (QED) is 0.878. The van der Waals surface area contributed by atoms with Crippen molar-refractivity contribution in [2.75, 3.05) is 5.73 Å². The van der Waals surface area contributed by atoms with Gasteiger partial charge in [-0.25, -0.2) is 0 Å². The molecular weight excluding hydrogens is 222 g/mol. The smallest absolute Gasteiger partial charge is 0.125 e. The Kier molecular flexibility index (Phi) is 3.16. The Morgan fingerprint density at radius 3 is 2.50 bits per heavy atom. The highest BCUT2D eigenvalue weighted by Crippen LogP contribution is 2.34. The Labute approximate surface area is 109 Å².